The summed E-state index contributed by atoms with van der Waals surface area (Å²) in [4.78, 5) is 0. The fourth-order valence-electron chi connectivity index (χ4n) is 2.17. The maximum Gasteiger partial charge on any atom is 0.130 e. The zero-order valence-corrected chi connectivity index (χ0v) is 12.7. The Morgan fingerprint density at radius 2 is 0.864 bits per heavy atom. The molecule has 2 nitrogen and oxygen atoms in total. The molecule has 3 aromatic carbocycles. The van der Waals surface area contributed by atoms with Crippen LogP contribution in [0.5, 0.6) is 23.0 Å². The molecule has 0 radical (unpaired) electrons. The number of benzene rings is 3. The van der Waals surface area contributed by atoms with Crippen molar-refractivity contribution < 1.29 is 9.47 Å². The molecule has 0 spiro atoms. The van der Waals surface area contributed by atoms with Crippen LogP contribution in [0.15, 0.2) is 72.8 Å². The van der Waals surface area contributed by atoms with Gasteiger partial charge in [0.2, 0.25) is 0 Å². The van der Waals surface area contributed by atoms with Crippen LogP contribution in [0.25, 0.3) is 0 Å². The minimum absolute atomic E-state index is 0.798. The van der Waals surface area contributed by atoms with Crippen molar-refractivity contribution in [3.8, 4) is 23.0 Å². The third kappa shape index (κ3) is 3.29. The van der Waals surface area contributed by atoms with Gasteiger partial charge in [0.1, 0.15) is 23.0 Å². The number of aryl methyl sites for hydroxylation is 2. The van der Waals surface area contributed by atoms with Gasteiger partial charge in [0.25, 0.3) is 0 Å². The molecule has 0 amide bonds. The third-order valence-electron chi connectivity index (χ3n) is 3.47. The van der Waals surface area contributed by atoms with Crippen LogP contribution in [0.1, 0.15) is 11.1 Å². The first-order chi connectivity index (χ1) is 10.7. The maximum atomic E-state index is 5.88. The summed E-state index contributed by atoms with van der Waals surface area (Å²) >= 11 is 0. The molecule has 0 aliphatic rings. The first kappa shape index (κ1) is 14.2. The Bertz CT molecular complexity index is 694. The molecule has 0 atom stereocenters. The Morgan fingerprint density at radius 1 is 0.500 bits per heavy atom. The molecule has 0 fully saturated rings. The molecule has 2 heteroatoms. The zero-order chi connectivity index (χ0) is 15.4. The lowest BCUT2D eigenvalue weighted by atomic mass is 10.2. The van der Waals surface area contributed by atoms with Crippen molar-refractivity contribution in [2.75, 3.05) is 0 Å². The van der Waals surface area contributed by atoms with E-state index in [4.69, 9.17) is 9.47 Å². The van der Waals surface area contributed by atoms with Gasteiger partial charge >= 0.3 is 0 Å². The highest BCUT2D eigenvalue weighted by atomic mass is 16.5. The average molecular weight is 290 g/mol. The van der Waals surface area contributed by atoms with Crippen molar-refractivity contribution in [3.05, 3.63) is 83.9 Å². The lowest BCUT2D eigenvalue weighted by molar-refractivity contribution is 0.466. The summed E-state index contributed by atoms with van der Waals surface area (Å²) in [6.07, 6.45) is 0. The summed E-state index contributed by atoms with van der Waals surface area (Å²) < 4.78 is 11.8. The third-order valence-corrected chi connectivity index (χ3v) is 3.47. The Balaban J connectivity index is 1.73. The quantitative estimate of drug-likeness (QED) is 0.596. The van der Waals surface area contributed by atoms with E-state index in [2.05, 4.69) is 0 Å². The summed E-state index contributed by atoms with van der Waals surface area (Å²) in [6.45, 7) is 4.07. The molecule has 0 bridgehead atoms. The summed E-state index contributed by atoms with van der Waals surface area (Å²) in [5.74, 6) is 3.34. The number of hydrogen-bond acceptors (Lipinski definition) is 2. The monoisotopic (exact) mass is 290 g/mol. The van der Waals surface area contributed by atoms with E-state index < -0.39 is 0 Å². The van der Waals surface area contributed by atoms with E-state index in [9.17, 15) is 0 Å². The van der Waals surface area contributed by atoms with Gasteiger partial charge in [0.05, 0.1) is 0 Å². The summed E-state index contributed by atoms with van der Waals surface area (Å²) in [7, 11) is 0. The minimum Gasteiger partial charge on any atom is -0.457 e. The standard InChI is InChI=1S/C20H18O2/c1-15-7-3-5-9-19(15)21-17-11-13-18(14-12-17)22-20-10-6-4-8-16(20)2/h3-14H,1-2H3. The summed E-state index contributed by atoms with van der Waals surface area (Å²) in [5.41, 5.74) is 2.23. The second kappa shape index (κ2) is 6.35. The van der Waals surface area contributed by atoms with E-state index in [1.807, 2.05) is 86.6 Å². The van der Waals surface area contributed by atoms with E-state index in [0.717, 1.165) is 34.1 Å². The lowest BCUT2D eigenvalue weighted by Crippen LogP contribution is -1.89. The van der Waals surface area contributed by atoms with Crippen LogP contribution in [-0.4, -0.2) is 0 Å². The topological polar surface area (TPSA) is 18.5 Å². The van der Waals surface area contributed by atoms with Gasteiger partial charge in [-0.2, -0.15) is 0 Å². The van der Waals surface area contributed by atoms with E-state index >= 15 is 0 Å². The number of ether oxygens (including phenoxy) is 2. The fourth-order valence-corrected chi connectivity index (χ4v) is 2.17. The Hall–Kier alpha value is -2.74. The van der Waals surface area contributed by atoms with Crippen molar-refractivity contribution >= 4 is 0 Å². The molecule has 0 aliphatic heterocycles. The summed E-state index contributed by atoms with van der Waals surface area (Å²) in [6, 6.07) is 23.6. The molecule has 0 heterocycles. The number of hydrogen-bond donors (Lipinski definition) is 0. The van der Waals surface area contributed by atoms with Crippen molar-refractivity contribution in [3.63, 3.8) is 0 Å². The van der Waals surface area contributed by atoms with Gasteiger partial charge in [-0.1, -0.05) is 36.4 Å². The van der Waals surface area contributed by atoms with E-state index in [0.29, 0.717) is 0 Å². The van der Waals surface area contributed by atoms with Crippen LogP contribution in [0.2, 0.25) is 0 Å². The van der Waals surface area contributed by atoms with Crippen LogP contribution in [0.3, 0.4) is 0 Å². The van der Waals surface area contributed by atoms with Gasteiger partial charge in [-0.05, 0) is 61.4 Å². The van der Waals surface area contributed by atoms with E-state index in [-0.39, 0.29) is 0 Å². The average Bonchev–Trinajstić information content (AvgIpc) is 2.54. The second-order valence-corrected chi connectivity index (χ2v) is 5.21. The molecule has 3 rings (SSSR count). The molecule has 110 valence electrons. The predicted octanol–water partition coefficient (Wildman–Crippen LogP) is 5.89. The highest BCUT2D eigenvalue weighted by molar-refractivity contribution is 5.41. The maximum absolute atomic E-state index is 5.88. The van der Waals surface area contributed by atoms with Gasteiger partial charge in [0, 0.05) is 0 Å². The van der Waals surface area contributed by atoms with Gasteiger partial charge < -0.3 is 9.47 Å². The van der Waals surface area contributed by atoms with E-state index in [1.54, 1.807) is 0 Å². The first-order valence-corrected chi connectivity index (χ1v) is 7.29. The normalized spacial score (nSPS) is 10.3. The summed E-state index contributed by atoms with van der Waals surface area (Å²) in [5, 5.41) is 0. The second-order valence-electron chi connectivity index (χ2n) is 5.21. The fraction of sp³-hybridized carbons (Fsp3) is 0.100. The zero-order valence-electron chi connectivity index (χ0n) is 12.7. The number of rotatable bonds is 4. The molecule has 0 aromatic heterocycles. The van der Waals surface area contributed by atoms with Gasteiger partial charge in [0.15, 0.2) is 0 Å². The lowest BCUT2D eigenvalue weighted by Gasteiger charge is -2.11. The molecule has 0 N–H and O–H groups in total. The molecule has 3 aromatic rings. The molecule has 0 aliphatic carbocycles. The SMILES string of the molecule is Cc1ccccc1Oc1ccc(Oc2ccccc2C)cc1. The predicted molar refractivity (Wildman–Crippen MR) is 88.9 cm³/mol. The highest BCUT2D eigenvalue weighted by Gasteiger charge is 2.03. The van der Waals surface area contributed by atoms with Crippen LogP contribution in [0, 0.1) is 13.8 Å². The Kier molecular flexibility index (Phi) is 4.10. The molecular weight excluding hydrogens is 272 g/mol. The largest absolute Gasteiger partial charge is 0.457 e. The molecule has 0 saturated heterocycles. The van der Waals surface area contributed by atoms with Crippen molar-refractivity contribution in [2.45, 2.75) is 13.8 Å². The van der Waals surface area contributed by atoms with Crippen LogP contribution >= 0.6 is 0 Å². The van der Waals surface area contributed by atoms with Gasteiger partial charge in [-0.3, -0.25) is 0 Å². The Labute approximate surface area is 131 Å². The molecule has 22 heavy (non-hydrogen) atoms. The molecule has 0 saturated carbocycles. The van der Waals surface area contributed by atoms with Crippen LogP contribution < -0.4 is 9.47 Å². The van der Waals surface area contributed by atoms with E-state index in [1.165, 1.54) is 0 Å². The molecule has 0 unspecified atom stereocenters. The smallest absolute Gasteiger partial charge is 0.130 e. The number of para-hydroxylation sites is 2. The Morgan fingerprint density at radius 3 is 1.23 bits per heavy atom. The minimum atomic E-state index is 0.798. The molecular formula is C20H18O2. The van der Waals surface area contributed by atoms with Crippen LogP contribution in [0.4, 0.5) is 0 Å². The van der Waals surface area contributed by atoms with Gasteiger partial charge in [-0.15, -0.1) is 0 Å². The van der Waals surface area contributed by atoms with Crippen molar-refractivity contribution in [1.82, 2.24) is 0 Å². The highest BCUT2D eigenvalue weighted by Crippen LogP contribution is 2.29. The first-order valence-electron chi connectivity index (χ1n) is 7.29. The van der Waals surface area contributed by atoms with Gasteiger partial charge in [-0.25, -0.2) is 0 Å². The van der Waals surface area contributed by atoms with Crippen LogP contribution in [-0.2, 0) is 0 Å². The van der Waals surface area contributed by atoms with Crippen molar-refractivity contribution in [2.24, 2.45) is 0 Å². The van der Waals surface area contributed by atoms with Crippen molar-refractivity contribution in [1.29, 1.82) is 0 Å².